The van der Waals surface area contributed by atoms with Crippen LogP contribution in [0.5, 0.6) is 5.75 Å². The molecule has 1 fully saturated rings. The van der Waals surface area contributed by atoms with Gasteiger partial charge >= 0.3 is 0 Å². The van der Waals surface area contributed by atoms with Crippen LogP contribution in [0.2, 0.25) is 0 Å². The van der Waals surface area contributed by atoms with Crippen LogP contribution in [0.3, 0.4) is 0 Å². The van der Waals surface area contributed by atoms with Gasteiger partial charge in [0, 0.05) is 38.4 Å². The van der Waals surface area contributed by atoms with Crippen LogP contribution in [-0.2, 0) is 13.1 Å². The fourth-order valence-corrected chi connectivity index (χ4v) is 3.29. The number of hydrogen-bond donors (Lipinski definition) is 3. The highest BCUT2D eigenvalue weighted by Gasteiger charge is 2.20. The van der Waals surface area contributed by atoms with E-state index in [-0.39, 0.29) is 5.75 Å². The third kappa shape index (κ3) is 5.92. The molecule has 28 heavy (non-hydrogen) atoms. The van der Waals surface area contributed by atoms with Gasteiger partial charge in [0.2, 0.25) is 0 Å². The highest BCUT2D eigenvalue weighted by Crippen LogP contribution is 2.17. The maximum absolute atomic E-state index is 13.5. The van der Waals surface area contributed by atoms with Gasteiger partial charge in [0.25, 0.3) is 0 Å². The average Bonchev–Trinajstić information content (AvgIpc) is 2.71. The Balaban J connectivity index is 1.51. The van der Waals surface area contributed by atoms with E-state index in [2.05, 4.69) is 31.6 Å². The Hall–Kier alpha value is -2.67. The van der Waals surface area contributed by atoms with Gasteiger partial charge in [-0.15, -0.1) is 0 Å². The SMILES string of the molecule is CCNC(=NCc1ccc(O)c(F)c1)NC1CCN(Cc2ccccn2)CC1. The first-order chi connectivity index (χ1) is 13.6. The Morgan fingerprint density at radius 3 is 2.79 bits per heavy atom. The van der Waals surface area contributed by atoms with Gasteiger partial charge in [-0.3, -0.25) is 9.88 Å². The predicted octanol–water partition coefficient (Wildman–Crippen LogP) is 2.65. The summed E-state index contributed by atoms with van der Waals surface area (Å²) in [6.45, 7) is 6.04. The van der Waals surface area contributed by atoms with Crippen LogP contribution in [0.15, 0.2) is 47.6 Å². The van der Waals surface area contributed by atoms with Crippen molar-refractivity contribution in [1.82, 2.24) is 20.5 Å². The molecule has 1 aromatic heterocycles. The monoisotopic (exact) mass is 385 g/mol. The standard InChI is InChI=1S/C21H28FN5O/c1-2-23-21(25-14-16-6-7-20(28)19(22)13-16)26-17-8-11-27(12-9-17)15-18-5-3-4-10-24-18/h3-7,10,13,17,28H,2,8-9,11-12,14-15H2,1H3,(H2,23,25,26). The van der Waals surface area contributed by atoms with Crippen LogP contribution >= 0.6 is 0 Å². The topological polar surface area (TPSA) is 72.8 Å². The number of aromatic nitrogens is 1. The molecular formula is C21H28FN5O. The number of piperidine rings is 1. The van der Waals surface area contributed by atoms with Crippen molar-refractivity contribution in [2.45, 2.75) is 38.9 Å². The molecule has 0 atom stereocenters. The first kappa shape index (κ1) is 20.1. The fraction of sp³-hybridized carbons (Fsp3) is 0.429. The number of pyridine rings is 1. The number of guanidine groups is 1. The van der Waals surface area contributed by atoms with E-state index in [0.29, 0.717) is 12.6 Å². The highest BCUT2D eigenvalue weighted by molar-refractivity contribution is 5.80. The summed E-state index contributed by atoms with van der Waals surface area (Å²) in [4.78, 5) is 11.4. The molecule has 1 aromatic carbocycles. The molecule has 1 aliphatic rings. The maximum Gasteiger partial charge on any atom is 0.191 e. The summed E-state index contributed by atoms with van der Waals surface area (Å²) >= 11 is 0. The summed E-state index contributed by atoms with van der Waals surface area (Å²) < 4.78 is 13.5. The van der Waals surface area contributed by atoms with Crippen molar-refractivity contribution in [1.29, 1.82) is 0 Å². The van der Waals surface area contributed by atoms with E-state index in [1.54, 1.807) is 6.07 Å². The van der Waals surface area contributed by atoms with Crippen LogP contribution < -0.4 is 10.6 Å². The van der Waals surface area contributed by atoms with Gasteiger partial charge in [0.1, 0.15) is 0 Å². The molecule has 150 valence electrons. The van der Waals surface area contributed by atoms with Crippen LogP contribution in [0.4, 0.5) is 4.39 Å². The summed E-state index contributed by atoms with van der Waals surface area (Å²) in [6.07, 6.45) is 3.90. The number of halogens is 1. The summed E-state index contributed by atoms with van der Waals surface area (Å²) in [6, 6.07) is 10.7. The number of hydrogen-bond acceptors (Lipinski definition) is 4. The molecule has 2 heterocycles. The first-order valence-corrected chi connectivity index (χ1v) is 9.78. The van der Waals surface area contributed by atoms with Gasteiger partial charge < -0.3 is 15.7 Å². The van der Waals surface area contributed by atoms with E-state index >= 15 is 0 Å². The third-order valence-corrected chi connectivity index (χ3v) is 4.82. The molecular weight excluding hydrogens is 357 g/mol. The zero-order valence-corrected chi connectivity index (χ0v) is 16.2. The maximum atomic E-state index is 13.5. The average molecular weight is 385 g/mol. The number of rotatable bonds is 6. The van der Waals surface area contributed by atoms with Crippen LogP contribution in [-0.4, -0.2) is 46.6 Å². The van der Waals surface area contributed by atoms with Gasteiger partial charge in [-0.05, 0) is 49.6 Å². The molecule has 3 rings (SSSR count). The van der Waals surface area contributed by atoms with Gasteiger partial charge in [-0.1, -0.05) is 12.1 Å². The molecule has 0 radical (unpaired) electrons. The molecule has 0 unspecified atom stereocenters. The molecule has 0 bridgehead atoms. The lowest BCUT2D eigenvalue weighted by molar-refractivity contribution is 0.196. The Bertz CT molecular complexity index is 776. The second kappa shape index (κ2) is 10.0. The second-order valence-electron chi connectivity index (χ2n) is 7.00. The fourth-order valence-electron chi connectivity index (χ4n) is 3.29. The van der Waals surface area contributed by atoms with E-state index in [0.717, 1.165) is 56.2 Å². The summed E-state index contributed by atoms with van der Waals surface area (Å²) in [5.74, 6) is -0.222. The molecule has 7 heteroatoms. The molecule has 2 aromatic rings. The molecule has 0 saturated carbocycles. The van der Waals surface area contributed by atoms with Gasteiger partial charge in [-0.25, -0.2) is 9.38 Å². The minimum atomic E-state index is -0.620. The van der Waals surface area contributed by atoms with Crippen molar-refractivity contribution >= 4 is 5.96 Å². The molecule has 0 aliphatic carbocycles. The zero-order valence-electron chi connectivity index (χ0n) is 16.2. The lowest BCUT2D eigenvalue weighted by Crippen LogP contribution is -2.48. The highest BCUT2D eigenvalue weighted by atomic mass is 19.1. The molecule has 0 spiro atoms. The normalized spacial score (nSPS) is 16.1. The minimum absolute atomic E-state index is 0.338. The molecule has 3 N–H and O–H groups in total. The number of nitrogens with one attached hydrogen (secondary N) is 2. The Morgan fingerprint density at radius 2 is 2.11 bits per heavy atom. The number of aromatic hydroxyl groups is 1. The lowest BCUT2D eigenvalue weighted by atomic mass is 10.0. The van der Waals surface area contributed by atoms with E-state index in [4.69, 9.17) is 0 Å². The van der Waals surface area contributed by atoms with Crippen molar-refractivity contribution in [2.24, 2.45) is 4.99 Å². The predicted molar refractivity (Wildman–Crippen MR) is 109 cm³/mol. The quantitative estimate of drug-likeness (QED) is 0.527. The second-order valence-corrected chi connectivity index (χ2v) is 7.00. The molecule has 1 saturated heterocycles. The van der Waals surface area contributed by atoms with E-state index < -0.39 is 5.82 Å². The van der Waals surface area contributed by atoms with Crippen molar-refractivity contribution in [2.75, 3.05) is 19.6 Å². The third-order valence-electron chi connectivity index (χ3n) is 4.82. The van der Waals surface area contributed by atoms with Gasteiger partial charge in [0.15, 0.2) is 17.5 Å². The minimum Gasteiger partial charge on any atom is -0.505 e. The van der Waals surface area contributed by atoms with Crippen molar-refractivity contribution in [3.05, 3.63) is 59.7 Å². The number of likely N-dealkylation sites (tertiary alicyclic amines) is 1. The van der Waals surface area contributed by atoms with Gasteiger partial charge in [0.05, 0.1) is 12.2 Å². The van der Waals surface area contributed by atoms with Crippen molar-refractivity contribution in [3.63, 3.8) is 0 Å². The smallest absolute Gasteiger partial charge is 0.191 e. The largest absolute Gasteiger partial charge is 0.505 e. The number of nitrogens with zero attached hydrogens (tertiary/aromatic N) is 3. The van der Waals surface area contributed by atoms with Crippen LogP contribution in [0.1, 0.15) is 31.0 Å². The van der Waals surface area contributed by atoms with Crippen LogP contribution in [0, 0.1) is 5.82 Å². The van der Waals surface area contributed by atoms with Crippen molar-refractivity contribution in [3.8, 4) is 5.75 Å². The lowest BCUT2D eigenvalue weighted by Gasteiger charge is -2.32. The van der Waals surface area contributed by atoms with E-state index in [1.807, 2.05) is 25.3 Å². The van der Waals surface area contributed by atoms with Crippen molar-refractivity contribution < 1.29 is 9.50 Å². The van der Waals surface area contributed by atoms with E-state index in [1.165, 1.54) is 12.1 Å². The number of phenols is 1. The Morgan fingerprint density at radius 1 is 1.29 bits per heavy atom. The van der Waals surface area contributed by atoms with Crippen LogP contribution in [0.25, 0.3) is 0 Å². The number of phenolic OH excluding ortho intramolecular Hbond substituents is 1. The number of aliphatic imine (C=N–C) groups is 1. The molecule has 1 aliphatic heterocycles. The van der Waals surface area contributed by atoms with E-state index in [9.17, 15) is 9.50 Å². The molecule has 0 amide bonds. The number of benzene rings is 1. The Labute approximate surface area is 165 Å². The summed E-state index contributed by atoms with van der Waals surface area (Å²) in [7, 11) is 0. The summed E-state index contributed by atoms with van der Waals surface area (Å²) in [5, 5.41) is 16.0. The summed E-state index contributed by atoms with van der Waals surface area (Å²) in [5.41, 5.74) is 1.82. The Kier molecular flexibility index (Phi) is 7.19. The van der Waals surface area contributed by atoms with Gasteiger partial charge in [-0.2, -0.15) is 0 Å². The zero-order chi connectivity index (χ0) is 19.8. The first-order valence-electron chi connectivity index (χ1n) is 9.78. The molecule has 6 nitrogen and oxygen atoms in total.